The number of fused-ring (bicyclic) bond motifs is 1. The van der Waals surface area contributed by atoms with E-state index in [1.165, 1.54) is 0 Å². The Labute approximate surface area is 123 Å². The van der Waals surface area contributed by atoms with Gasteiger partial charge in [-0.15, -0.1) is 0 Å². The summed E-state index contributed by atoms with van der Waals surface area (Å²) in [6.07, 6.45) is 1.61. The molecule has 0 atom stereocenters. The number of nitrogens with zero attached hydrogens (tertiary/aromatic N) is 2. The molecule has 0 N–H and O–H groups in total. The minimum atomic E-state index is -0.115. The lowest BCUT2D eigenvalue weighted by molar-refractivity contribution is 0.0965. The van der Waals surface area contributed by atoms with E-state index in [0.717, 1.165) is 22.0 Å². The van der Waals surface area contributed by atoms with E-state index in [9.17, 15) is 10.1 Å². The van der Waals surface area contributed by atoms with Gasteiger partial charge >= 0.3 is 0 Å². The largest absolute Gasteiger partial charge is 0.282 e. The van der Waals surface area contributed by atoms with E-state index in [4.69, 9.17) is 0 Å². The Morgan fingerprint density at radius 1 is 1.10 bits per heavy atom. The number of hydrogen-bond donors (Lipinski definition) is 0. The lowest BCUT2D eigenvalue weighted by atomic mass is 10.1. The van der Waals surface area contributed by atoms with Crippen LogP contribution < -0.4 is 0 Å². The second-order valence-corrected chi connectivity index (χ2v) is 5.15. The van der Waals surface area contributed by atoms with Gasteiger partial charge in [-0.1, -0.05) is 24.3 Å². The lowest BCUT2D eigenvalue weighted by Gasteiger charge is -2.06. The summed E-state index contributed by atoms with van der Waals surface area (Å²) in [6, 6.07) is 15.3. The van der Waals surface area contributed by atoms with E-state index in [0.29, 0.717) is 11.1 Å². The van der Waals surface area contributed by atoms with Crippen LogP contribution in [0.4, 0.5) is 0 Å². The Morgan fingerprint density at radius 3 is 2.57 bits per heavy atom. The average molecular weight is 274 g/mol. The monoisotopic (exact) mass is 274 g/mol. The Balaban J connectivity index is 2.18. The summed E-state index contributed by atoms with van der Waals surface area (Å²) in [7, 11) is 0. The van der Waals surface area contributed by atoms with Gasteiger partial charge in [-0.25, -0.2) is 0 Å². The normalized spacial score (nSPS) is 10.5. The van der Waals surface area contributed by atoms with E-state index in [2.05, 4.69) is 6.07 Å². The maximum Gasteiger partial charge on any atom is 0.262 e. The first kappa shape index (κ1) is 13.1. The van der Waals surface area contributed by atoms with Crippen LogP contribution in [0.5, 0.6) is 0 Å². The van der Waals surface area contributed by atoms with Crippen molar-refractivity contribution in [1.29, 1.82) is 5.26 Å². The van der Waals surface area contributed by atoms with Gasteiger partial charge in [-0.2, -0.15) is 5.26 Å². The number of carbonyl (C=O) groups is 1. The summed E-state index contributed by atoms with van der Waals surface area (Å²) in [5.41, 5.74) is 4.14. The molecule has 0 spiro atoms. The first-order valence-electron chi connectivity index (χ1n) is 6.74. The molecule has 0 amide bonds. The third kappa shape index (κ3) is 2.11. The number of aryl methyl sites for hydroxylation is 2. The van der Waals surface area contributed by atoms with E-state index in [1.54, 1.807) is 10.8 Å². The molecule has 0 aliphatic heterocycles. The zero-order valence-corrected chi connectivity index (χ0v) is 11.9. The molecular weight excluding hydrogens is 260 g/mol. The van der Waals surface area contributed by atoms with Crippen LogP contribution in [0.1, 0.15) is 27.0 Å². The standard InChI is InChI=1S/C18H14N2O/c1-12-7-8-14(9-13(12)2)18(21)20-11-15(10-19)16-5-3-4-6-17(16)20/h3-9,11H,1-2H3. The number of rotatable bonds is 1. The second-order valence-electron chi connectivity index (χ2n) is 5.15. The van der Waals surface area contributed by atoms with Gasteiger partial charge in [-0.3, -0.25) is 9.36 Å². The SMILES string of the molecule is Cc1ccc(C(=O)n2cc(C#N)c3ccccc32)cc1C. The maximum absolute atomic E-state index is 12.7. The fourth-order valence-electron chi connectivity index (χ4n) is 2.45. The van der Waals surface area contributed by atoms with Gasteiger partial charge in [-0.05, 0) is 43.2 Å². The molecular formula is C18H14N2O. The highest BCUT2D eigenvalue weighted by Crippen LogP contribution is 2.22. The first-order valence-corrected chi connectivity index (χ1v) is 6.74. The molecule has 3 aromatic rings. The van der Waals surface area contributed by atoms with E-state index < -0.39 is 0 Å². The molecule has 0 saturated heterocycles. The fourth-order valence-corrected chi connectivity index (χ4v) is 2.45. The number of hydrogen-bond acceptors (Lipinski definition) is 2. The topological polar surface area (TPSA) is 45.8 Å². The number of nitriles is 1. The summed E-state index contributed by atoms with van der Waals surface area (Å²) in [4.78, 5) is 12.7. The Bertz CT molecular complexity index is 897. The van der Waals surface area contributed by atoms with Crippen LogP contribution in [0.25, 0.3) is 10.9 Å². The minimum absolute atomic E-state index is 0.115. The van der Waals surface area contributed by atoms with Crippen molar-refractivity contribution in [2.24, 2.45) is 0 Å². The van der Waals surface area contributed by atoms with Crippen LogP contribution in [0.2, 0.25) is 0 Å². The Hall–Kier alpha value is -2.86. The molecule has 0 bridgehead atoms. The summed E-state index contributed by atoms with van der Waals surface area (Å²) < 4.78 is 1.55. The van der Waals surface area contributed by atoms with Crippen molar-refractivity contribution >= 4 is 16.8 Å². The molecule has 102 valence electrons. The van der Waals surface area contributed by atoms with Crippen LogP contribution in [-0.2, 0) is 0 Å². The molecule has 0 aliphatic carbocycles. The van der Waals surface area contributed by atoms with E-state index in [1.807, 2.05) is 56.3 Å². The van der Waals surface area contributed by atoms with Crippen molar-refractivity contribution < 1.29 is 4.79 Å². The highest BCUT2D eigenvalue weighted by molar-refractivity contribution is 6.03. The summed E-state index contributed by atoms with van der Waals surface area (Å²) >= 11 is 0. The zero-order valence-electron chi connectivity index (χ0n) is 11.9. The van der Waals surface area contributed by atoms with Crippen molar-refractivity contribution in [3.05, 3.63) is 70.9 Å². The molecule has 1 heterocycles. The molecule has 3 heteroatoms. The highest BCUT2D eigenvalue weighted by Gasteiger charge is 2.15. The van der Waals surface area contributed by atoms with Gasteiger partial charge in [0.25, 0.3) is 5.91 Å². The average Bonchev–Trinajstić information content (AvgIpc) is 2.88. The minimum Gasteiger partial charge on any atom is -0.282 e. The van der Waals surface area contributed by atoms with Gasteiger partial charge in [0.05, 0.1) is 11.1 Å². The second kappa shape index (κ2) is 4.92. The van der Waals surface area contributed by atoms with Crippen molar-refractivity contribution in [1.82, 2.24) is 4.57 Å². The molecule has 0 unspecified atom stereocenters. The molecule has 0 saturated carbocycles. The van der Waals surface area contributed by atoms with Crippen LogP contribution >= 0.6 is 0 Å². The zero-order chi connectivity index (χ0) is 15.0. The Kier molecular flexibility index (Phi) is 3.08. The van der Waals surface area contributed by atoms with Gasteiger partial charge in [0, 0.05) is 17.1 Å². The summed E-state index contributed by atoms with van der Waals surface area (Å²) in [5.74, 6) is -0.115. The van der Waals surface area contributed by atoms with Crippen LogP contribution in [0.15, 0.2) is 48.7 Å². The molecule has 0 fully saturated rings. The Morgan fingerprint density at radius 2 is 1.86 bits per heavy atom. The van der Waals surface area contributed by atoms with E-state index in [-0.39, 0.29) is 5.91 Å². The van der Waals surface area contributed by atoms with Crippen molar-refractivity contribution in [2.45, 2.75) is 13.8 Å². The molecule has 2 aromatic carbocycles. The smallest absolute Gasteiger partial charge is 0.262 e. The number of para-hydroxylation sites is 1. The van der Waals surface area contributed by atoms with Gasteiger partial charge < -0.3 is 0 Å². The van der Waals surface area contributed by atoms with E-state index >= 15 is 0 Å². The van der Waals surface area contributed by atoms with Gasteiger partial charge in [0.2, 0.25) is 0 Å². The summed E-state index contributed by atoms with van der Waals surface area (Å²) in [6.45, 7) is 4.00. The number of carbonyl (C=O) groups excluding carboxylic acids is 1. The predicted molar refractivity (Wildman–Crippen MR) is 82.3 cm³/mol. The third-order valence-electron chi connectivity index (χ3n) is 3.81. The molecule has 0 aliphatic rings. The molecule has 21 heavy (non-hydrogen) atoms. The van der Waals surface area contributed by atoms with Crippen molar-refractivity contribution in [2.75, 3.05) is 0 Å². The fraction of sp³-hybridized carbons (Fsp3) is 0.111. The predicted octanol–water partition coefficient (Wildman–Crippen LogP) is 3.82. The molecule has 3 nitrogen and oxygen atoms in total. The van der Waals surface area contributed by atoms with Gasteiger partial charge in [0.1, 0.15) is 6.07 Å². The molecule has 1 aromatic heterocycles. The quantitative estimate of drug-likeness (QED) is 0.677. The lowest BCUT2D eigenvalue weighted by Crippen LogP contribution is -2.11. The van der Waals surface area contributed by atoms with Crippen LogP contribution in [0, 0.1) is 25.2 Å². The molecule has 3 rings (SSSR count). The third-order valence-corrected chi connectivity index (χ3v) is 3.81. The first-order chi connectivity index (χ1) is 10.1. The molecule has 0 radical (unpaired) electrons. The maximum atomic E-state index is 12.7. The highest BCUT2D eigenvalue weighted by atomic mass is 16.2. The van der Waals surface area contributed by atoms with Crippen molar-refractivity contribution in [3.8, 4) is 6.07 Å². The van der Waals surface area contributed by atoms with Crippen molar-refractivity contribution in [3.63, 3.8) is 0 Å². The summed E-state index contributed by atoms with van der Waals surface area (Å²) in [5, 5.41) is 10.0. The number of benzene rings is 2. The van der Waals surface area contributed by atoms with Crippen LogP contribution in [-0.4, -0.2) is 10.5 Å². The van der Waals surface area contributed by atoms with Gasteiger partial charge in [0.15, 0.2) is 0 Å². The number of aromatic nitrogens is 1. The van der Waals surface area contributed by atoms with Crippen LogP contribution in [0.3, 0.4) is 0 Å².